The van der Waals surface area contributed by atoms with Gasteiger partial charge in [-0.1, -0.05) is 62.7 Å². The van der Waals surface area contributed by atoms with Gasteiger partial charge in [0.05, 0.1) is 0 Å². The van der Waals surface area contributed by atoms with Crippen molar-refractivity contribution in [1.29, 1.82) is 0 Å². The molecule has 38 heavy (non-hydrogen) atoms. The number of amides is 3. The van der Waals surface area contributed by atoms with Crippen LogP contribution in [0.3, 0.4) is 0 Å². The van der Waals surface area contributed by atoms with Crippen LogP contribution in [0.5, 0.6) is 5.75 Å². The number of carbonyl (C=O) groups excluding carboxylic acids is 3. The molecule has 0 heterocycles. The summed E-state index contributed by atoms with van der Waals surface area (Å²) in [5.74, 6) is -0.750. The molecule has 2 aromatic rings. The molecule has 3 atom stereocenters. The van der Waals surface area contributed by atoms with Crippen LogP contribution in [0, 0.1) is 0 Å². The SMILES string of the molecule is CCCCNC(=O)C(c1cccc(O)c1)N(C(=O)C(Cc1ccccc1)NC(=O)OC(C)(C)C)C(C)CC. The largest absolute Gasteiger partial charge is 0.508 e. The average molecular weight is 526 g/mol. The third kappa shape index (κ3) is 9.39. The number of nitrogens with one attached hydrogen (secondary N) is 2. The van der Waals surface area contributed by atoms with Crippen LogP contribution in [0.1, 0.15) is 78.0 Å². The Morgan fingerprint density at radius 1 is 1.03 bits per heavy atom. The number of nitrogens with zero attached hydrogens (tertiary/aromatic N) is 1. The maximum absolute atomic E-state index is 14.3. The van der Waals surface area contributed by atoms with Crippen LogP contribution in [-0.2, 0) is 20.7 Å². The summed E-state index contributed by atoms with van der Waals surface area (Å²) >= 11 is 0. The van der Waals surface area contributed by atoms with Crippen LogP contribution in [0.2, 0.25) is 0 Å². The van der Waals surface area contributed by atoms with Crippen molar-refractivity contribution in [3.05, 3.63) is 65.7 Å². The van der Waals surface area contributed by atoms with Gasteiger partial charge in [-0.05, 0) is 63.8 Å². The fourth-order valence-electron chi connectivity index (χ4n) is 4.09. The second-order valence-corrected chi connectivity index (χ2v) is 10.5. The van der Waals surface area contributed by atoms with Gasteiger partial charge in [-0.3, -0.25) is 9.59 Å². The van der Waals surface area contributed by atoms with E-state index >= 15 is 0 Å². The lowest BCUT2D eigenvalue weighted by Gasteiger charge is -2.38. The normalized spacial score (nSPS) is 13.6. The molecule has 8 nitrogen and oxygen atoms in total. The number of aromatic hydroxyl groups is 1. The van der Waals surface area contributed by atoms with Gasteiger partial charge in [-0.25, -0.2) is 4.79 Å². The summed E-state index contributed by atoms with van der Waals surface area (Å²) in [4.78, 5) is 42.2. The standard InChI is InChI=1S/C30H43N3O5/c1-7-9-18-31-27(35)26(23-16-13-17-24(34)20-23)33(21(3)8-2)28(36)25(19-22-14-11-10-12-15-22)32-29(37)38-30(4,5)6/h10-17,20-21,25-26,34H,7-9,18-19H2,1-6H3,(H,31,35)(H,32,37). The third-order valence-corrected chi connectivity index (χ3v) is 6.13. The second kappa shape index (κ2) is 14.4. The highest BCUT2D eigenvalue weighted by Gasteiger charge is 2.38. The first-order chi connectivity index (χ1) is 18.0. The monoisotopic (exact) mass is 525 g/mol. The van der Waals surface area contributed by atoms with Gasteiger partial charge >= 0.3 is 6.09 Å². The van der Waals surface area contributed by atoms with E-state index in [1.165, 1.54) is 17.0 Å². The van der Waals surface area contributed by atoms with Crippen molar-refractivity contribution in [2.75, 3.05) is 6.54 Å². The van der Waals surface area contributed by atoms with Gasteiger partial charge in [0.2, 0.25) is 11.8 Å². The third-order valence-electron chi connectivity index (χ3n) is 6.13. The van der Waals surface area contributed by atoms with Crippen molar-refractivity contribution in [2.24, 2.45) is 0 Å². The Morgan fingerprint density at radius 2 is 1.71 bits per heavy atom. The molecule has 3 amide bonds. The first kappa shape index (κ1) is 30.7. The minimum absolute atomic E-state index is 0.00174. The lowest BCUT2D eigenvalue weighted by Crippen LogP contribution is -2.56. The predicted octanol–water partition coefficient (Wildman–Crippen LogP) is 5.11. The number of carbonyl (C=O) groups is 3. The summed E-state index contributed by atoms with van der Waals surface area (Å²) in [7, 11) is 0. The minimum Gasteiger partial charge on any atom is -0.508 e. The van der Waals surface area contributed by atoms with Gasteiger partial charge in [-0.2, -0.15) is 0 Å². The first-order valence-corrected chi connectivity index (χ1v) is 13.4. The second-order valence-electron chi connectivity index (χ2n) is 10.5. The number of phenolic OH excluding ortho intramolecular Hbond substituents is 1. The molecule has 0 radical (unpaired) electrons. The number of unbranched alkanes of at least 4 members (excludes halogenated alkanes) is 1. The van der Waals surface area contributed by atoms with Crippen LogP contribution < -0.4 is 10.6 Å². The smallest absolute Gasteiger partial charge is 0.408 e. The summed E-state index contributed by atoms with van der Waals surface area (Å²) in [6, 6.07) is 13.5. The first-order valence-electron chi connectivity index (χ1n) is 13.4. The molecule has 0 aliphatic heterocycles. The Bertz CT molecular complexity index is 1050. The molecule has 0 bridgehead atoms. The number of rotatable bonds is 12. The number of ether oxygens (including phenoxy) is 1. The summed E-state index contributed by atoms with van der Waals surface area (Å²) in [6.07, 6.45) is 1.79. The fraction of sp³-hybridized carbons (Fsp3) is 0.500. The lowest BCUT2D eigenvalue weighted by atomic mass is 9.97. The molecular formula is C30H43N3O5. The molecule has 0 aliphatic carbocycles. The van der Waals surface area contributed by atoms with Crippen LogP contribution in [0.25, 0.3) is 0 Å². The Balaban J connectivity index is 2.54. The summed E-state index contributed by atoms with van der Waals surface area (Å²) in [5, 5.41) is 15.9. The van der Waals surface area contributed by atoms with E-state index in [-0.39, 0.29) is 24.1 Å². The van der Waals surface area contributed by atoms with Crippen LogP contribution >= 0.6 is 0 Å². The van der Waals surface area contributed by atoms with E-state index in [4.69, 9.17) is 4.74 Å². The Morgan fingerprint density at radius 3 is 2.29 bits per heavy atom. The van der Waals surface area contributed by atoms with E-state index < -0.39 is 29.7 Å². The molecule has 0 fully saturated rings. The molecule has 0 aliphatic rings. The van der Waals surface area contributed by atoms with E-state index in [0.717, 1.165) is 18.4 Å². The molecule has 8 heteroatoms. The predicted molar refractivity (Wildman–Crippen MR) is 149 cm³/mol. The van der Waals surface area contributed by atoms with Gasteiger partial charge in [0.1, 0.15) is 23.4 Å². The number of alkyl carbamates (subject to hydrolysis) is 1. The van der Waals surface area contributed by atoms with E-state index in [0.29, 0.717) is 18.5 Å². The number of hydrogen-bond donors (Lipinski definition) is 3. The molecule has 208 valence electrons. The quantitative estimate of drug-likeness (QED) is 0.334. The van der Waals surface area contributed by atoms with Crippen molar-refractivity contribution in [3.8, 4) is 5.75 Å². The fourth-order valence-corrected chi connectivity index (χ4v) is 4.09. The van der Waals surface area contributed by atoms with Gasteiger partial charge in [-0.15, -0.1) is 0 Å². The highest BCUT2D eigenvalue weighted by molar-refractivity contribution is 5.92. The molecule has 0 aromatic heterocycles. The van der Waals surface area contributed by atoms with Gasteiger partial charge in [0, 0.05) is 19.0 Å². The Hall–Kier alpha value is -3.55. The topological polar surface area (TPSA) is 108 Å². The zero-order valence-corrected chi connectivity index (χ0v) is 23.5. The van der Waals surface area contributed by atoms with Crippen LogP contribution in [0.4, 0.5) is 4.79 Å². The molecule has 0 saturated carbocycles. The lowest BCUT2D eigenvalue weighted by molar-refractivity contribution is -0.145. The zero-order valence-electron chi connectivity index (χ0n) is 23.5. The van der Waals surface area contributed by atoms with Crippen LogP contribution in [-0.4, -0.2) is 52.1 Å². The summed E-state index contributed by atoms with van der Waals surface area (Å²) in [6.45, 7) is 11.6. The highest BCUT2D eigenvalue weighted by atomic mass is 16.6. The molecule has 0 saturated heterocycles. The maximum atomic E-state index is 14.3. The zero-order chi connectivity index (χ0) is 28.3. The molecule has 0 spiro atoms. The van der Waals surface area contributed by atoms with Gasteiger partial charge in [0.25, 0.3) is 0 Å². The van der Waals surface area contributed by atoms with E-state index in [1.807, 2.05) is 51.1 Å². The van der Waals surface area contributed by atoms with Crippen LogP contribution in [0.15, 0.2) is 54.6 Å². The van der Waals surface area contributed by atoms with Gasteiger partial charge < -0.3 is 25.4 Å². The maximum Gasteiger partial charge on any atom is 0.408 e. The van der Waals surface area contributed by atoms with Crippen molar-refractivity contribution in [3.63, 3.8) is 0 Å². The Labute approximate surface area is 226 Å². The molecule has 2 aromatic carbocycles. The summed E-state index contributed by atoms with van der Waals surface area (Å²) in [5.41, 5.74) is 0.597. The van der Waals surface area contributed by atoms with Crippen molar-refractivity contribution in [1.82, 2.24) is 15.5 Å². The minimum atomic E-state index is -1.000. The molecule has 3 N–H and O–H groups in total. The van der Waals surface area contributed by atoms with Crippen molar-refractivity contribution >= 4 is 17.9 Å². The highest BCUT2D eigenvalue weighted by Crippen LogP contribution is 2.28. The molecule has 2 rings (SSSR count). The van der Waals surface area contributed by atoms with Crippen molar-refractivity contribution in [2.45, 2.75) is 91.0 Å². The van der Waals surface area contributed by atoms with E-state index in [9.17, 15) is 19.5 Å². The van der Waals surface area contributed by atoms with E-state index in [2.05, 4.69) is 10.6 Å². The summed E-state index contributed by atoms with van der Waals surface area (Å²) < 4.78 is 5.46. The number of hydrogen-bond acceptors (Lipinski definition) is 5. The van der Waals surface area contributed by atoms with Gasteiger partial charge in [0.15, 0.2) is 0 Å². The molecule has 3 unspecified atom stereocenters. The molecular weight excluding hydrogens is 482 g/mol. The van der Waals surface area contributed by atoms with E-state index in [1.54, 1.807) is 32.9 Å². The van der Waals surface area contributed by atoms with Crippen molar-refractivity contribution < 1.29 is 24.2 Å². The number of phenols is 1. The Kier molecular flexibility index (Phi) is 11.6. The average Bonchev–Trinajstić information content (AvgIpc) is 2.85. The number of benzene rings is 2.